The average Bonchev–Trinajstić information content (AvgIpc) is 2.96. The van der Waals surface area contributed by atoms with Gasteiger partial charge in [-0.3, -0.25) is 10.1 Å². The second-order valence-electron chi connectivity index (χ2n) is 7.48. The third kappa shape index (κ3) is 5.10. The summed E-state index contributed by atoms with van der Waals surface area (Å²) >= 11 is 4.95. The fourth-order valence-electron chi connectivity index (χ4n) is 2.73. The lowest BCUT2D eigenvalue weighted by atomic mass is 9.87. The Labute approximate surface area is 170 Å². The van der Waals surface area contributed by atoms with Crippen LogP contribution in [0.1, 0.15) is 31.9 Å². The summed E-state index contributed by atoms with van der Waals surface area (Å²) in [4.78, 5) is 11.8. The normalized spacial score (nSPS) is 15.3. The molecular weight excluding hydrogens is 372 g/mol. The van der Waals surface area contributed by atoms with Crippen molar-refractivity contribution in [3.05, 3.63) is 65.4 Å². The molecule has 0 aliphatic carbocycles. The van der Waals surface area contributed by atoms with E-state index in [-0.39, 0.29) is 11.3 Å². The van der Waals surface area contributed by atoms with Gasteiger partial charge in [0.2, 0.25) is 0 Å². The summed E-state index contributed by atoms with van der Waals surface area (Å²) in [6, 6.07) is 15.6. The molecular formula is C22H24N2O3S. The Kier molecular flexibility index (Phi) is 5.99. The van der Waals surface area contributed by atoms with Crippen molar-refractivity contribution in [3.63, 3.8) is 0 Å². The van der Waals surface area contributed by atoms with Crippen LogP contribution in [0.4, 0.5) is 0 Å². The van der Waals surface area contributed by atoms with Crippen LogP contribution in [0.15, 0.2) is 54.2 Å². The Bertz CT molecular complexity index is 899. The van der Waals surface area contributed by atoms with E-state index in [0.717, 1.165) is 11.3 Å². The van der Waals surface area contributed by atoms with E-state index in [1.54, 1.807) is 6.08 Å². The van der Waals surface area contributed by atoms with E-state index in [0.29, 0.717) is 29.8 Å². The van der Waals surface area contributed by atoms with Crippen LogP contribution in [0.2, 0.25) is 0 Å². The van der Waals surface area contributed by atoms with Crippen LogP contribution in [0, 0.1) is 0 Å². The molecule has 0 radical (unpaired) electrons. The van der Waals surface area contributed by atoms with Gasteiger partial charge in [-0.2, -0.15) is 0 Å². The smallest absolute Gasteiger partial charge is 0.273 e. The van der Waals surface area contributed by atoms with Gasteiger partial charge in [0.05, 0.1) is 0 Å². The molecule has 28 heavy (non-hydrogen) atoms. The molecule has 1 fully saturated rings. The van der Waals surface area contributed by atoms with Gasteiger partial charge in [-0.1, -0.05) is 51.1 Å². The lowest BCUT2D eigenvalue weighted by molar-refractivity contribution is -0.115. The summed E-state index contributed by atoms with van der Waals surface area (Å²) in [5.74, 6) is 1.24. The van der Waals surface area contributed by atoms with Crippen LogP contribution in [-0.4, -0.2) is 24.2 Å². The molecule has 1 aliphatic rings. The van der Waals surface area contributed by atoms with Crippen LogP contribution in [-0.2, 0) is 10.2 Å². The molecule has 0 spiro atoms. The number of nitrogens with one attached hydrogen (secondary N) is 2. The third-order valence-corrected chi connectivity index (χ3v) is 4.47. The first-order valence-corrected chi connectivity index (χ1v) is 9.53. The number of carbonyl (C=O) groups excluding carboxylic acids is 1. The van der Waals surface area contributed by atoms with Crippen molar-refractivity contribution < 1.29 is 14.3 Å². The monoisotopic (exact) mass is 396 g/mol. The SMILES string of the molecule is CC(C)(C)c1ccc(OCCOc2ccccc2/C=C2/NC(=S)NC2=O)cc1. The second-order valence-corrected chi connectivity index (χ2v) is 7.88. The molecule has 0 bridgehead atoms. The first-order valence-electron chi connectivity index (χ1n) is 9.12. The van der Waals surface area contributed by atoms with Gasteiger partial charge < -0.3 is 14.8 Å². The minimum Gasteiger partial charge on any atom is -0.490 e. The van der Waals surface area contributed by atoms with E-state index in [1.807, 2.05) is 36.4 Å². The average molecular weight is 397 g/mol. The molecule has 1 heterocycles. The maximum atomic E-state index is 11.8. The number of ether oxygens (including phenoxy) is 2. The molecule has 3 rings (SSSR count). The maximum absolute atomic E-state index is 11.8. The summed E-state index contributed by atoms with van der Waals surface area (Å²) in [6.07, 6.45) is 1.72. The highest BCUT2D eigenvalue weighted by atomic mass is 32.1. The number of amides is 1. The molecule has 1 aliphatic heterocycles. The van der Waals surface area contributed by atoms with E-state index < -0.39 is 0 Å². The van der Waals surface area contributed by atoms with E-state index in [4.69, 9.17) is 21.7 Å². The van der Waals surface area contributed by atoms with Crippen LogP contribution < -0.4 is 20.1 Å². The van der Waals surface area contributed by atoms with Gasteiger partial charge in [-0.25, -0.2) is 0 Å². The maximum Gasteiger partial charge on any atom is 0.273 e. The molecule has 6 heteroatoms. The van der Waals surface area contributed by atoms with Crippen molar-refractivity contribution in [2.24, 2.45) is 0 Å². The van der Waals surface area contributed by atoms with Crippen molar-refractivity contribution in [1.82, 2.24) is 10.6 Å². The van der Waals surface area contributed by atoms with Crippen LogP contribution in [0.5, 0.6) is 11.5 Å². The van der Waals surface area contributed by atoms with Crippen molar-refractivity contribution in [2.45, 2.75) is 26.2 Å². The van der Waals surface area contributed by atoms with Crippen LogP contribution in [0.25, 0.3) is 6.08 Å². The zero-order valence-electron chi connectivity index (χ0n) is 16.2. The number of hydrogen-bond acceptors (Lipinski definition) is 4. The lowest BCUT2D eigenvalue weighted by Gasteiger charge is -2.19. The molecule has 2 N–H and O–H groups in total. The number of thiocarbonyl (C=S) groups is 1. The van der Waals surface area contributed by atoms with Crippen molar-refractivity contribution in [3.8, 4) is 11.5 Å². The minimum absolute atomic E-state index is 0.120. The number of rotatable bonds is 6. The standard InChI is InChI=1S/C22H24N2O3S/c1-22(2,3)16-8-10-17(11-9-16)26-12-13-27-19-7-5-4-6-15(19)14-18-20(25)24-21(28)23-18/h4-11,14H,12-13H2,1-3H3,(H2,23,24,25,28)/b18-14+. The lowest BCUT2D eigenvalue weighted by Crippen LogP contribution is -2.21. The first kappa shape index (κ1) is 19.9. The van der Waals surface area contributed by atoms with E-state index >= 15 is 0 Å². The van der Waals surface area contributed by atoms with Crippen molar-refractivity contribution in [1.29, 1.82) is 0 Å². The van der Waals surface area contributed by atoms with Gasteiger partial charge in [0, 0.05) is 5.56 Å². The predicted molar refractivity (Wildman–Crippen MR) is 114 cm³/mol. The number of hydrogen-bond donors (Lipinski definition) is 2. The molecule has 1 saturated heterocycles. The molecule has 0 aromatic heterocycles. The van der Waals surface area contributed by atoms with Gasteiger partial charge >= 0.3 is 0 Å². The first-order chi connectivity index (χ1) is 13.3. The highest BCUT2D eigenvalue weighted by molar-refractivity contribution is 7.80. The molecule has 0 atom stereocenters. The van der Waals surface area contributed by atoms with Gasteiger partial charge in [0.15, 0.2) is 5.11 Å². The number of para-hydroxylation sites is 1. The summed E-state index contributed by atoms with van der Waals surface area (Å²) in [6.45, 7) is 7.35. The van der Waals surface area contributed by atoms with Crippen LogP contribution in [0.3, 0.4) is 0 Å². The largest absolute Gasteiger partial charge is 0.490 e. The predicted octanol–water partition coefficient (Wildman–Crippen LogP) is 3.79. The second kappa shape index (κ2) is 8.44. The Balaban J connectivity index is 1.56. The minimum atomic E-state index is -0.248. The molecule has 0 unspecified atom stereocenters. The fourth-order valence-corrected chi connectivity index (χ4v) is 2.93. The quantitative estimate of drug-likeness (QED) is 0.442. The van der Waals surface area contributed by atoms with Crippen molar-refractivity contribution in [2.75, 3.05) is 13.2 Å². The summed E-state index contributed by atoms with van der Waals surface area (Å²) in [5.41, 5.74) is 2.58. The summed E-state index contributed by atoms with van der Waals surface area (Å²) in [5, 5.41) is 5.68. The topological polar surface area (TPSA) is 59.6 Å². The van der Waals surface area contributed by atoms with E-state index in [2.05, 4.69) is 43.5 Å². The van der Waals surface area contributed by atoms with Gasteiger partial charge in [-0.05, 0) is 47.5 Å². The Hall–Kier alpha value is -2.86. The molecule has 1 amide bonds. The molecule has 0 saturated carbocycles. The van der Waals surface area contributed by atoms with Gasteiger partial charge in [-0.15, -0.1) is 0 Å². The number of benzene rings is 2. The molecule has 2 aromatic carbocycles. The number of carbonyl (C=O) groups is 1. The Morgan fingerprint density at radius 1 is 0.964 bits per heavy atom. The van der Waals surface area contributed by atoms with Gasteiger partial charge in [0.1, 0.15) is 30.4 Å². The van der Waals surface area contributed by atoms with Gasteiger partial charge in [0.25, 0.3) is 5.91 Å². The Morgan fingerprint density at radius 2 is 1.64 bits per heavy atom. The highest BCUT2D eigenvalue weighted by Gasteiger charge is 2.20. The molecule has 2 aromatic rings. The molecule has 5 nitrogen and oxygen atoms in total. The Morgan fingerprint density at radius 3 is 2.29 bits per heavy atom. The summed E-state index contributed by atoms with van der Waals surface area (Å²) < 4.78 is 11.6. The summed E-state index contributed by atoms with van der Waals surface area (Å²) in [7, 11) is 0. The zero-order valence-corrected chi connectivity index (χ0v) is 17.1. The van der Waals surface area contributed by atoms with E-state index in [9.17, 15) is 4.79 Å². The third-order valence-electron chi connectivity index (χ3n) is 4.27. The fraction of sp³-hybridized carbons (Fsp3) is 0.273. The highest BCUT2D eigenvalue weighted by Crippen LogP contribution is 2.24. The molecule has 146 valence electrons. The van der Waals surface area contributed by atoms with Crippen LogP contribution >= 0.6 is 12.2 Å². The van der Waals surface area contributed by atoms with Crippen molar-refractivity contribution >= 4 is 29.3 Å². The zero-order chi connectivity index (χ0) is 20.1. The van der Waals surface area contributed by atoms with E-state index in [1.165, 1.54) is 5.56 Å².